The Morgan fingerprint density at radius 3 is 2.13 bits per heavy atom. The number of hydrogen-bond donors (Lipinski definition) is 1. The molecule has 1 N–H and O–H groups in total. The van der Waals surface area contributed by atoms with Crippen LogP contribution in [0, 0.1) is 20.8 Å². The van der Waals surface area contributed by atoms with Crippen LogP contribution in [-0.2, 0) is 16.1 Å². The van der Waals surface area contributed by atoms with Gasteiger partial charge in [0.25, 0.3) is 11.8 Å². The van der Waals surface area contributed by atoms with E-state index >= 15 is 0 Å². The van der Waals surface area contributed by atoms with Crippen LogP contribution in [0.1, 0.15) is 27.8 Å². The van der Waals surface area contributed by atoms with Crippen molar-refractivity contribution < 1.29 is 9.59 Å². The smallest absolute Gasteiger partial charge is 0.278 e. The van der Waals surface area contributed by atoms with Crippen molar-refractivity contribution in [3.63, 3.8) is 0 Å². The third-order valence-corrected chi connectivity index (χ3v) is 5.79. The Kier molecular flexibility index (Phi) is 5.66. The van der Waals surface area contributed by atoms with E-state index in [1.165, 1.54) is 4.90 Å². The largest absolute Gasteiger partial charge is 0.350 e. The Morgan fingerprint density at radius 2 is 1.48 bits per heavy atom. The Labute approximate surface area is 187 Å². The van der Waals surface area contributed by atoms with Crippen LogP contribution in [0.25, 0.3) is 5.57 Å². The summed E-state index contributed by atoms with van der Waals surface area (Å²) in [5.74, 6) is -0.647. The van der Waals surface area contributed by atoms with E-state index in [1.807, 2.05) is 75.4 Å². The van der Waals surface area contributed by atoms with E-state index in [1.54, 1.807) is 12.1 Å². The highest BCUT2D eigenvalue weighted by molar-refractivity contribution is 6.36. The summed E-state index contributed by atoms with van der Waals surface area (Å²) in [5, 5.41) is 3.81. The molecular formula is C26H23ClN2O2. The van der Waals surface area contributed by atoms with Gasteiger partial charge in [-0.15, -0.1) is 0 Å². The van der Waals surface area contributed by atoms with Crippen molar-refractivity contribution in [1.29, 1.82) is 0 Å². The molecule has 2 amide bonds. The highest BCUT2D eigenvalue weighted by atomic mass is 35.5. The predicted molar refractivity (Wildman–Crippen MR) is 125 cm³/mol. The maximum atomic E-state index is 13.4. The van der Waals surface area contributed by atoms with Crippen molar-refractivity contribution in [3.05, 3.63) is 105 Å². The fourth-order valence-corrected chi connectivity index (χ4v) is 3.68. The molecule has 0 fully saturated rings. The highest BCUT2D eigenvalue weighted by Gasteiger charge is 2.39. The summed E-state index contributed by atoms with van der Waals surface area (Å²) in [5.41, 5.74) is 6.33. The zero-order valence-corrected chi connectivity index (χ0v) is 18.5. The standard InChI is InChI=1S/C26H23ClN2O2/c1-16-4-12-22(13-5-16)28-24-23(20-9-6-17(2)18(3)14-20)25(30)29(26(24)31)15-19-7-10-21(27)11-8-19/h4-14,28H,15H2,1-3H3. The van der Waals surface area contributed by atoms with E-state index in [4.69, 9.17) is 11.6 Å². The first-order valence-electron chi connectivity index (χ1n) is 10.1. The molecule has 0 saturated carbocycles. The van der Waals surface area contributed by atoms with Gasteiger partial charge in [-0.05, 0) is 67.3 Å². The van der Waals surface area contributed by atoms with Gasteiger partial charge in [0.05, 0.1) is 12.1 Å². The third kappa shape index (κ3) is 4.25. The van der Waals surface area contributed by atoms with Crippen LogP contribution < -0.4 is 5.32 Å². The summed E-state index contributed by atoms with van der Waals surface area (Å²) in [4.78, 5) is 28.1. The first-order valence-corrected chi connectivity index (χ1v) is 10.5. The van der Waals surface area contributed by atoms with Gasteiger partial charge in [-0.2, -0.15) is 0 Å². The molecule has 0 unspecified atom stereocenters. The maximum Gasteiger partial charge on any atom is 0.278 e. The highest BCUT2D eigenvalue weighted by Crippen LogP contribution is 2.32. The van der Waals surface area contributed by atoms with Crippen LogP contribution in [0.4, 0.5) is 5.69 Å². The van der Waals surface area contributed by atoms with Gasteiger partial charge >= 0.3 is 0 Å². The molecule has 156 valence electrons. The molecule has 1 heterocycles. The summed E-state index contributed by atoms with van der Waals surface area (Å²) in [6.07, 6.45) is 0. The van der Waals surface area contributed by atoms with Crippen LogP contribution in [0.15, 0.2) is 72.4 Å². The van der Waals surface area contributed by atoms with Gasteiger partial charge < -0.3 is 5.32 Å². The molecule has 0 spiro atoms. The molecule has 5 heteroatoms. The Morgan fingerprint density at radius 1 is 0.806 bits per heavy atom. The lowest BCUT2D eigenvalue weighted by molar-refractivity contribution is -0.137. The Bertz CT molecular complexity index is 1200. The normalized spacial score (nSPS) is 13.9. The molecular weight excluding hydrogens is 408 g/mol. The Hall–Kier alpha value is -3.37. The van der Waals surface area contributed by atoms with Gasteiger partial charge in [-0.3, -0.25) is 14.5 Å². The molecule has 31 heavy (non-hydrogen) atoms. The lowest BCUT2D eigenvalue weighted by atomic mass is 9.99. The maximum absolute atomic E-state index is 13.4. The molecule has 0 aliphatic carbocycles. The van der Waals surface area contributed by atoms with Gasteiger partial charge in [-0.1, -0.05) is 59.6 Å². The molecule has 1 aliphatic heterocycles. The van der Waals surface area contributed by atoms with Crippen molar-refractivity contribution in [3.8, 4) is 0 Å². The van der Waals surface area contributed by atoms with Gasteiger partial charge in [0.1, 0.15) is 5.70 Å². The van der Waals surface area contributed by atoms with Crippen LogP contribution in [0.5, 0.6) is 0 Å². The minimum atomic E-state index is -0.339. The number of carbonyl (C=O) groups excluding carboxylic acids is 2. The lowest BCUT2D eigenvalue weighted by Crippen LogP contribution is -2.32. The van der Waals surface area contributed by atoms with E-state index in [0.717, 1.165) is 33.5 Å². The first kappa shape index (κ1) is 20.9. The van der Waals surface area contributed by atoms with E-state index in [9.17, 15) is 9.59 Å². The number of carbonyl (C=O) groups is 2. The van der Waals surface area contributed by atoms with Crippen LogP contribution in [0.3, 0.4) is 0 Å². The number of imide groups is 1. The second-order valence-electron chi connectivity index (χ2n) is 7.86. The zero-order valence-electron chi connectivity index (χ0n) is 17.7. The number of rotatable bonds is 5. The van der Waals surface area contributed by atoms with Crippen molar-refractivity contribution in [1.82, 2.24) is 4.90 Å². The van der Waals surface area contributed by atoms with Crippen LogP contribution in [-0.4, -0.2) is 16.7 Å². The molecule has 1 aliphatic rings. The molecule has 3 aromatic rings. The monoisotopic (exact) mass is 430 g/mol. The lowest BCUT2D eigenvalue weighted by Gasteiger charge is -2.15. The molecule has 0 aromatic heterocycles. The van der Waals surface area contributed by atoms with Gasteiger partial charge in [0.2, 0.25) is 0 Å². The second kappa shape index (κ2) is 8.40. The number of nitrogens with one attached hydrogen (secondary N) is 1. The molecule has 0 bridgehead atoms. The SMILES string of the molecule is Cc1ccc(NC2=C(c3ccc(C)c(C)c3)C(=O)N(Cc3ccc(Cl)cc3)C2=O)cc1. The fourth-order valence-electron chi connectivity index (χ4n) is 3.55. The van der Waals surface area contributed by atoms with E-state index in [2.05, 4.69) is 5.32 Å². The zero-order chi connectivity index (χ0) is 22.1. The van der Waals surface area contributed by atoms with Gasteiger partial charge in [-0.25, -0.2) is 0 Å². The van der Waals surface area contributed by atoms with Gasteiger partial charge in [0.15, 0.2) is 0 Å². The predicted octanol–water partition coefficient (Wildman–Crippen LogP) is 5.66. The molecule has 4 nitrogen and oxygen atoms in total. The average Bonchev–Trinajstić information content (AvgIpc) is 2.97. The van der Waals surface area contributed by atoms with Crippen LogP contribution in [0.2, 0.25) is 5.02 Å². The summed E-state index contributed by atoms with van der Waals surface area (Å²) < 4.78 is 0. The summed E-state index contributed by atoms with van der Waals surface area (Å²) in [6.45, 7) is 6.20. The Balaban J connectivity index is 1.75. The number of amides is 2. The second-order valence-corrected chi connectivity index (χ2v) is 8.30. The number of halogens is 1. The van der Waals surface area contributed by atoms with Crippen molar-refractivity contribution in [2.24, 2.45) is 0 Å². The number of anilines is 1. The summed E-state index contributed by atoms with van der Waals surface area (Å²) in [7, 11) is 0. The number of aryl methyl sites for hydroxylation is 3. The molecule has 4 rings (SSSR count). The van der Waals surface area contributed by atoms with E-state index in [-0.39, 0.29) is 18.4 Å². The number of benzene rings is 3. The number of hydrogen-bond acceptors (Lipinski definition) is 3. The quantitative estimate of drug-likeness (QED) is 0.531. The fraction of sp³-hybridized carbons (Fsp3) is 0.154. The van der Waals surface area contributed by atoms with Crippen LogP contribution >= 0.6 is 11.6 Å². The molecule has 0 radical (unpaired) electrons. The van der Waals surface area contributed by atoms with Crippen molar-refractivity contribution >= 4 is 34.7 Å². The summed E-state index contributed by atoms with van der Waals surface area (Å²) >= 11 is 5.98. The molecule has 0 saturated heterocycles. The third-order valence-electron chi connectivity index (χ3n) is 5.54. The molecule has 3 aromatic carbocycles. The van der Waals surface area contributed by atoms with Crippen molar-refractivity contribution in [2.45, 2.75) is 27.3 Å². The van der Waals surface area contributed by atoms with E-state index in [0.29, 0.717) is 16.3 Å². The summed E-state index contributed by atoms with van der Waals surface area (Å²) in [6, 6.07) is 20.7. The minimum absolute atomic E-state index is 0.183. The topological polar surface area (TPSA) is 49.4 Å². The average molecular weight is 431 g/mol. The number of nitrogens with zero attached hydrogens (tertiary/aromatic N) is 1. The van der Waals surface area contributed by atoms with Gasteiger partial charge in [0, 0.05) is 10.7 Å². The van der Waals surface area contributed by atoms with E-state index < -0.39 is 0 Å². The minimum Gasteiger partial charge on any atom is -0.350 e. The molecule has 0 atom stereocenters. The first-order chi connectivity index (χ1) is 14.8. The van der Waals surface area contributed by atoms with Crippen molar-refractivity contribution in [2.75, 3.05) is 5.32 Å².